The average molecular weight is 502 g/mol. The summed E-state index contributed by atoms with van der Waals surface area (Å²) in [6.45, 7) is 3.57. The molecule has 0 bridgehead atoms. The Kier molecular flexibility index (Phi) is 7.84. The first-order chi connectivity index (χ1) is 18.0. The van der Waals surface area contributed by atoms with Crippen molar-refractivity contribution < 1.29 is 14.0 Å². The Morgan fingerprint density at radius 2 is 1.62 bits per heavy atom. The summed E-state index contributed by atoms with van der Waals surface area (Å²) in [6, 6.07) is 18.1. The molecule has 0 aliphatic carbocycles. The number of rotatable bonds is 8. The normalized spacial score (nSPS) is 18.2. The fourth-order valence-corrected chi connectivity index (χ4v) is 5.00. The Labute approximate surface area is 216 Å². The highest BCUT2D eigenvalue weighted by atomic mass is 19.1. The van der Waals surface area contributed by atoms with E-state index in [1.807, 2.05) is 18.2 Å². The minimum Gasteiger partial charge on any atom is -0.312 e. The van der Waals surface area contributed by atoms with Crippen molar-refractivity contribution in [3.63, 3.8) is 0 Å². The molecule has 7 nitrogen and oxygen atoms in total. The summed E-state index contributed by atoms with van der Waals surface area (Å²) in [4.78, 5) is 29.7. The molecule has 3 aromatic rings. The van der Waals surface area contributed by atoms with Crippen molar-refractivity contribution in [3.8, 4) is 0 Å². The Bertz CT molecular complexity index is 1210. The van der Waals surface area contributed by atoms with E-state index in [4.69, 9.17) is 0 Å². The molecule has 37 heavy (non-hydrogen) atoms. The monoisotopic (exact) mass is 501 g/mol. The van der Waals surface area contributed by atoms with Gasteiger partial charge in [-0.3, -0.25) is 14.5 Å². The predicted molar refractivity (Wildman–Crippen MR) is 140 cm³/mol. The van der Waals surface area contributed by atoms with Gasteiger partial charge in [-0.05, 0) is 86.3 Å². The van der Waals surface area contributed by atoms with E-state index in [9.17, 15) is 14.0 Å². The van der Waals surface area contributed by atoms with E-state index < -0.39 is 5.92 Å². The number of likely N-dealkylation sites (tertiary alicyclic amines) is 1. The first-order valence-electron chi connectivity index (χ1n) is 13.0. The van der Waals surface area contributed by atoms with Crippen LogP contribution >= 0.6 is 0 Å². The molecule has 192 valence electrons. The van der Waals surface area contributed by atoms with Crippen LogP contribution < -0.4 is 10.2 Å². The van der Waals surface area contributed by atoms with Gasteiger partial charge >= 0.3 is 0 Å². The van der Waals surface area contributed by atoms with Gasteiger partial charge in [0.25, 0.3) is 0 Å². The number of carbonyl (C=O) groups is 2. The molecule has 2 aliphatic rings. The Balaban J connectivity index is 1.12. The lowest BCUT2D eigenvalue weighted by Gasteiger charge is -2.26. The van der Waals surface area contributed by atoms with Crippen LogP contribution in [0.3, 0.4) is 0 Å². The summed E-state index contributed by atoms with van der Waals surface area (Å²) in [6.07, 6.45) is 5.40. The number of halogens is 1. The van der Waals surface area contributed by atoms with Crippen molar-refractivity contribution in [1.82, 2.24) is 15.1 Å². The molecule has 2 amide bonds. The van der Waals surface area contributed by atoms with Crippen molar-refractivity contribution in [2.24, 2.45) is 5.92 Å². The molecule has 5 rings (SSSR count). The molecular formula is C29H32FN5O2. The Morgan fingerprint density at radius 3 is 2.32 bits per heavy atom. The van der Waals surface area contributed by atoms with E-state index in [0.29, 0.717) is 18.8 Å². The van der Waals surface area contributed by atoms with Crippen LogP contribution in [0.4, 0.5) is 15.9 Å². The zero-order chi connectivity index (χ0) is 25.6. The summed E-state index contributed by atoms with van der Waals surface area (Å²) in [5, 5.41) is 11.1. The quantitative estimate of drug-likeness (QED) is 0.496. The topological polar surface area (TPSA) is 78.4 Å². The standard InChI is InChI=1S/C29H32FN5O2/c30-24-9-4-21(5-10-24)6-11-25-12-15-27(33-32-25)31-29(37)23-18-28(36)35(20-23)26-13-7-22(8-14-26)19-34-16-2-1-3-17-34/h4-5,7-10,12-15,23H,1-3,6,11,16-20H2,(H,31,33,37)/t23-/m0/s1. The molecule has 1 atom stereocenters. The first kappa shape index (κ1) is 25.0. The summed E-state index contributed by atoms with van der Waals surface area (Å²) < 4.78 is 13.0. The van der Waals surface area contributed by atoms with E-state index in [2.05, 4.69) is 32.5 Å². The minimum absolute atomic E-state index is 0.0499. The number of nitrogens with one attached hydrogen (secondary N) is 1. The third-order valence-electron chi connectivity index (χ3n) is 7.15. The molecule has 0 saturated carbocycles. The summed E-state index contributed by atoms with van der Waals surface area (Å²) in [7, 11) is 0. The molecule has 2 saturated heterocycles. The second kappa shape index (κ2) is 11.6. The van der Waals surface area contributed by atoms with E-state index in [1.54, 1.807) is 23.1 Å². The van der Waals surface area contributed by atoms with Crippen molar-refractivity contribution in [2.75, 3.05) is 29.9 Å². The van der Waals surface area contributed by atoms with Gasteiger partial charge in [0, 0.05) is 25.2 Å². The number of aromatic nitrogens is 2. The fourth-order valence-electron chi connectivity index (χ4n) is 5.00. The average Bonchev–Trinajstić information content (AvgIpc) is 3.32. The highest BCUT2D eigenvalue weighted by Gasteiger charge is 2.35. The lowest BCUT2D eigenvalue weighted by Crippen LogP contribution is -2.29. The molecular weight excluding hydrogens is 469 g/mol. The second-order valence-electron chi connectivity index (χ2n) is 9.93. The smallest absolute Gasteiger partial charge is 0.231 e. The lowest BCUT2D eigenvalue weighted by atomic mass is 10.1. The van der Waals surface area contributed by atoms with Crippen LogP contribution in [0.15, 0.2) is 60.7 Å². The lowest BCUT2D eigenvalue weighted by molar-refractivity contribution is -0.122. The van der Waals surface area contributed by atoms with Crippen LogP contribution in [0.2, 0.25) is 0 Å². The first-order valence-corrected chi connectivity index (χ1v) is 13.0. The Morgan fingerprint density at radius 1 is 0.892 bits per heavy atom. The van der Waals surface area contributed by atoms with Crippen molar-refractivity contribution >= 4 is 23.3 Å². The van der Waals surface area contributed by atoms with Crippen molar-refractivity contribution in [1.29, 1.82) is 0 Å². The van der Waals surface area contributed by atoms with E-state index in [-0.39, 0.29) is 24.1 Å². The summed E-state index contributed by atoms with van der Waals surface area (Å²) >= 11 is 0. The van der Waals surface area contributed by atoms with Crippen molar-refractivity contribution in [2.45, 2.75) is 45.1 Å². The summed E-state index contributed by atoms with van der Waals surface area (Å²) in [5.41, 5.74) is 3.88. The zero-order valence-electron chi connectivity index (χ0n) is 20.9. The highest BCUT2D eigenvalue weighted by Crippen LogP contribution is 2.27. The molecule has 2 aliphatic heterocycles. The number of carbonyl (C=O) groups excluding carboxylic acids is 2. The van der Waals surface area contributed by atoms with Crippen LogP contribution in [0.5, 0.6) is 0 Å². The van der Waals surface area contributed by atoms with Gasteiger partial charge in [-0.25, -0.2) is 4.39 Å². The number of amides is 2. The van der Waals surface area contributed by atoms with Crippen LogP contribution in [0.25, 0.3) is 0 Å². The Hall–Kier alpha value is -3.65. The maximum absolute atomic E-state index is 13.0. The molecule has 1 N–H and O–H groups in total. The summed E-state index contributed by atoms with van der Waals surface area (Å²) in [5.74, 6) is -0.613. The highest BCUT2D eigenvalue weighted by molar-refractivity contribution is 6.03. The maximum atomic E-state index is 13.0. The van der Waals surface area contributed by atoms with Crippen LogP contribution in [-0.4, -0.2) is 46.5 Å². The molecule has 3 heterocycles. The molecule has 8 heteroatoms. The zero-order valence-corrected chi connectivity index (χ0v) is 20.9. The van der Waals surface area contributed by atoms with Gasteiger partial charge in [0.1, 0.15) is 5.82 Å². The number of hydrogen-bond acceptors (Lipinski definition) is 5. The molecule has 1 aromatic heterocycles. The van der Waals surface area contributed by atoms with Gasteiger partial charge in [-0.15, -0.1) is 5.10 Å². The number of anilines is 2. The third kappa shape index (κ3) is 6.57. The molecule has 2 aromatic carbocycles. The van der Waals surface area contributed by atoms with E-state index in [1.165, 1.54) is 37.0 Å². The molecule has 2 fully saturated rings. The predicted octanol–water partition coefficient (Wildman–Crippen LogP) is 4.38. The number of aryl methyl sites for hydroxylation is 2. The van der Waals surface area contributed by atoms with Gasteiger partial charge in [0.2, 0.25) is 11.8 Å². The number of benzene rings is 2. The maximum Gasteiger partial charge on any atom is 0.231 e. The van der Waals surface area contributed by atoms with Crippen LogP contribution in [0, 0.1) is 11.7 Å². The van der Waals surface area contributed by atoms with Gasteiger partial charge < -0.3 is 10.2 Å². The van der Waals surface area contributed by atoms with Gasteiger partial charge in [-0.1, -0.05) is 30.7 Å². The van der Waals surface area contributed by atoms with Crippen molar-refractivity contribution in [3.05, 3.63) is 83.3 Å². The fraction of sp³-hybridized carbons (Fsp3) is 0.379. The van der Waals surface area contributed by atoms with Gasteiger partial charge in [0.15, 0.2) is 5.82 Å². The van der Waals surface area contributed by atoms with Crippen LogP contribution in [0.1, 0.15) is 42.5 Å². The number of hydrogen-bond donors (Lipinski definition) is 1. The largest absolute Gasteiger partial charge is 0.312 e. The molecule has 0 spiro atoms. The van der Waals surface area contributed by atoms with Gasteiger partial charge in [-0.2, -0.15) is 5.10 Å². The second-order valence-corrected chi connectivity index (χ2v) is 9.93. The minimum atomic E-state index is -0.444. The van der Waals surface area contributed by atoms with Gasteiger partial charge in [0.05, 0.1) is 11.6 Å². The molecule has 0 unspecified atom stereocenters. The SMILES string of the molecule is O=C(Nc1ccc(CCc2ccc(F)cc2)nn1)[C@H]1CC(=O)N(c2ccc(CN3CCCCC3)cc2)C1. The molecule has 0 radical (unpaired) electrons. The van der Waals surface area contributed by atoms with E-state index >= 15 is 0 Å². The number of nitrogens with zero attached hydrogens (tertiary/aromatic N) is 4. The number of piperidine rings is 1. The van der Waals surface area contributed by atoms with E-state index in [0.717, 1.165) is 43.0 Å². The van der Waals surface area contributed by atoms with Crippen LogP contribution in [-0.2, 0) is 29.0 Å². The third-order valence-corrected chi connectivity index (χ3v) is 7.15.